The van der Waals surface area contributed by atoms with E-state index in [-0.39, 0.29) is 5.91 Å². The van der Waals surface area contributed by atoms with E-state index in [1.807, 2.05) is 54.9 Å². The number of para-hydroxylation sites is 2. The van der Waals surface area contributed by atoms with Crippen LogP contribution in [0.1, 0.15) is 15.9 Å². The first-order chi connectivity index (χ1) is 13.3. The Bertz CT molecular complexity index is 915. The van der Waals surface area contributed by atoms with Gasteiger partial charge in [0.05, 0.1) is 30.6 Å². The lowest BCUT2D eigenvalue weighted by molar-refractivity contribution is 0.0341. The Hall–Kier alpha value is -2.70. The molecule has 1 aromatic heterocycles. The average molecular weight is 364 g/mol. The molecule has 0 unspecified atom stereocenters. The van der Waals surface area contributed by atoms with Crippen LogP contribution in [0.2, 0.25) is 0 Å². The third-order valence-electron chi connectivity index (χ3n) is 4.93. The number of nitrogens with one attached hydrogen (secondary N) is 1. The number of hydrogen-bond acceptors (Lipinski definition) is 4. The van der Waals surface area contributed by atoms with Crippen LogP contribution in [-0.4, -0.2) is 53.2 Å². The first-order valence-electron chi connectivity index (χ1n) is 9.37. The Labute approximate surface area is 158 Å². The molecule has 0 spiro atoms. The molecule has 140 valence electrons. The van der Waals surface area contributed by atoms with Crippen molar-refractivity contribution in [2.45, 2.75) is 13.1 Å². The summed E-state index contributed by atoms with van der Waals surface area (Å²) in [4.78, 5) is 19.4. The van der Waals surface area contributed by atoms with Gasteiger partial charge in [0.25, 0.3) is 5.91 Å². The molecule has 1 aliphatic heterocycles. The fourth-order valence-electron chi connectivity index (χ4n) is 3.45. The molecule has 1 aliphatic rings. The summed E-state index contributed by atoms with van der Waals surface area (Å²) in [5, 5.41) is 3.05. The van der Waals surface area contributed by atoms with Crippen LogP contribution in [0.25, 0.3) is 11.0 Å². The van der Waals surface area contributed by atoms with Crippen LogP contribution in [0.15, 0.2) is 54.9 Å². The number of fused-ring (bicyclic) bond motifs is 1. The summed E-state index contributed by atoms with van der Waals surface area (Å²) < 4.78 is 7.47. The Balaban J connectivity index is 1.38. The predicted octanol–water partition coefficient (Wildman–Crippen LogP) is 2.30. The molecular weight excluding hydrogens is 340 g/mol. The highest BCUT2D eigenvalue weighted by atomic mass is 16.5. The minimum Gasteiger partial charge on any atom is -0.379 e. The van der Waals surface area contributed by atoms with Crippen LogP contribution in [0.3, 0.4) is 0 Å². The molecule has 1 saturated heterocycles. The summed E-state index contributed by atoms with van der Waals surface area (Å²) in [6, 6.07) is 15.9. The van der Waals surface area contributed by atoms with E-state index >= 15 is 0 Å². The van der Waals surface area contributed by atoms with Gasteiger partial charge in [-0.05, 0) is 23.8 Å². The lowest BCUT2D eigenvalue weighted by Crippen LogP contribution is -2.36. The molecule has 0 aliphatic carbocycles. The van der Waals surface area contributed by atoms with Crippen molar-refractivity contribution in [3.63, 3.8) is 0 Å². The van der Waals surface area contributed by atoms with Gasteiger partial charge >= 0.3 is 0 Å². The van der Waals surface area contributed by atoms with Gasteiger partial charge in [-0.3, -0.25) is 9.69 Å². The second-order valence-electron chi connectivity index (χ2n) is 6.73. The number of ether oxygens (including phenoxy) is 1. The molecule has 27 heavy (non-hydrogen) atoms. The third-order valence-corrected chi connectivity index (χ3v) is 4.93. The quantitative estimate of drug-likeness (QED) is 0.729. The Morgan fingerprint density at radius 3 is 2.74 bits per heavy atom. The van der Waals surface area contributed by atoms with Gasteiger partial charge in [0.2, 0.25) is 0 Å². The maximum absolute atomic E-state index is 12.7. The Kier molecular flexibility index (Phi) is 5.46. The van der Waals surface area contributed by atoms with Gasteiger partial charge in [0, 0.05) is 38.3 Å². The zero-order chi connectivity index (χ0) is 18.5. The average Bonchev–Trinajstić information content (AvgIpc) is 3.12. The van der Waals surface area contributed by atoms with E-state index in [1.165, 1.54) is 0 Å². The molecular formula is C21H24N4O2. The fourth-order valence-corrected chi connectivity index (χ4v) is 3.45. The molecule has 2 aromatic carbocycles. The van der Waals surface area contributed by atoms with Crippen LogP contribution in [-0.2, 0) is 17.8 Å². The van der Waals surface area contributed by atoms with Gasteiger partial charge in [-0.15, -0.1) is 0 Å². The third kappa shape index (κ3) is 4.18. The number of benzene rings is 2. The molecule has 6 heteroatoms. The van der Waals surface area contributed by atoms with Crippen molar-refractivity contribution in [1.29, 1.82) is 0 Å². The highest BCUT2D eigenvalue weighted by Gasteiger charge is 2.15. The first-order valence-corrected chi connectivity index (χ1v) is 9.37. The molecule has 1 N–H and O–H groups in total. The van der Waals surface area contributed by atoms with Gasteiger partial charge < -0.3 is 14.6 Å². The highest BCUT2D eigenvalue weighted by Crippen LogP contribution is 2.14. The zero-order valence-corrected chi connectivity index (χ0v) is 15.3. The van der Waals surface area contributed by atoms with E-state index in [9.17, 15) is 4.79 Å². The molecule has 2 heterocycles. The number of aromatic nitrogens is 2. The van der Waals surface area contributed by atoms with Gasteiger partial charge in [-0.25, -0.2) is 4.98 Å². The Morgan fingerprint density at radius 2 is 1.85 bits per heavy atom. The molecule has 1 fully saturated rings. The smallest absolute Gasteiger partial charge is 0.251 e. The molecule has 1 amide bonds. The first kappa shape index (κ1) is 17.7. The second kappa shape index (κ2) is 8.33. The number of carbonyl (C=O) groups excluding carboxylic acids is 1. The number of nitrogens with zero attached hydrogens (tertiary/aromatic N) is 3. The largest absolute Gasteiger partial charge is 0.379 e. The molecule has 0 atom stereocenters. The van der Waals surface area contributed by atoms with Crippen molar-refractivity contribution in [3.8, 4) is 0 Å². The van der Waals surface area contributed by atoms with E-state index in [1.54, 1.807) is 0 Å². The second-order valence-corrected chi connectivity index (χ2v) is 6.73. The summed E-state index contributed by atoms with van der Waals surface area (Å²) in [5.74, 6) is -0.0247. The minimum atomic E-state index is -0.0247. The summed E-state index contributed by atoms with van der Waals surface area (Å²) >= 11 is 0. The van der Waals surface area contributed by atoms with Gasteiger partial charge in [-0.2, -0.15) is 0 Å². The monoisotopic (exact) mass is 364 g/mol. The van der Waals surface area contributed by atoms with Crippen LogP contribution in [0, 0.1) is 0 Å². The summed E-state index contributed by atoms with van der Waals surface area (Å²) in [7, 11) is 0. The van der Waals surface area contributed by atoms with Crippen molar-refractivity contribution in [2.24, 2.45) is 0 Å². The van der Waals surface area contributed by atoms with Gasteiger partial charge in [0.1, 0.15) is 0 Å². The SMILES string of the molecule is O=C(NCCn1cnc2ccccc21)c1ccccc1CN1CCOCC1. The van der Waals surface area contributed by atoms with Crippen LogP contribution in [0.4, 0.5) is 0 Å². The molecule has 3 aromatic rings. The van der Waals surface area contributed by atoms with E-state index in [2.05, 4.69) is 19.8 Å². The van der Waals surface area contributed by atoms with Gasteiger partial charge in [0.15, 0.2) is 0 Å². The highest BCUT2D eigenvalue weighted by molar-refractivity contribution is 5.95. The number of rotatable bonds is 6. The molecule has 0 saturated carbocycles. The van der Waals surface area contributed by atoms with E-state index in [4.69, 9.17) is 4.74 Å². The number of morpholine rings is 1. The number of carbonyl (C=O) groups is 1. The molecule has 0 radical (unpaired) electrons. The zero-order valence-electron chi connectivity index (χ0n) is 15.3. The summed E-state index contributed by atoms with van der Waals surface area (Å²) in [6.07, 6.45) is 1.82. The van der Waals surface area contributed by atoms with Crippen molar-refractivity contribution in [1.82, 2.24) is 19.8 Å². The van der Waals surface area contributed by atoms with Crippen LogP contribution in [0.5, 0.6) is 0 Å². The number of hydrogen-bond donors (Lipinski definition) is 1. The normalized spacial score (nSPS) is 15.1. The van der Waals surface area contributed by atoms with Gasteiger partial charge in [-0.1, -0.05) is 30.3 Å². The van der Waals surface area contributed by atoms with Crippen LogP contribution >= 0.6 is 0 Å². The lowest BCUT2D eigenvalue weighted by atomic mass is 10.1. The molecule has 0 bridgehead atoms. The molecule has 6 nitrogen and oxygen atoms in total. The van der Waals surface area contributed by atoms with E-state index in [0.717, 1.165) is 55.0 Å². The van der Waals surface area contributed by atoms with Crippen molar-refractivity contribution >= 4 is 16.9 Å². The number of imidazole rings is 1. The lowest BCUT2D eigenvalue weighted by Gasteiger charge is -2.27. The topological polar surface area (TPSA) is 59.4 Å². The van der Waals surface area contributed by atoms with E-state index < -0.39 is 0 Å². The van der Waals surface area contributed by atoms with Crippen LogP contribution < -0.4 is 5.32 Å². The number of amides is 1. The standard InChI is InChI=1S/C21H24N4O2/c26-21(22-9-10-25-16-23-19-7-3-4-8-20(19)25)18-6-2-1-5-17(18)15-24-11-13-27-14-12-24/h1-8,16H,9-15H2,(H,22,26). The van der Waals surface area contributed by atoms with Crippen molar-refractivity contribution in [3.05, 3.63) is 66.0 Å². The predicted molar refractivity (Wildman–Crippen MR) is 105 cm³/mol. The van der Waals surface area contributed by atoms with Crippen molar-refractivity contribution in [2.75, 3.05) is 32.8 Å². The maximum atomic E-state index is 12.7. The summed E-state index contributed by atoms with van der Waals surface area (Å²) in [6.45, 7) is 5.36. The fraction of sp³-hybridized carbons (Fsp3) is 0.333. The maximum Gasteiger partial charge on any atom is 0.251 e. The molecule has 4 rings (SSSR count). The summed E-state index contributed by atoms with van der Waals surface area (Å²) in [5.41, 5.74) is 3.86. The minimum absolute atomic E-state index is 0.0247. The Morgan fingerprint density at radius 1 is 1.07 bits per heavy atom. The van der Waals surface area contributed by atoms with Crippen molar-refractivity contribution < 1.29 is 9.53 Å². The van der Waals surface area contributed by atoms with E-state index in [0.29, 0.717) is 13.1 Å².